The topological polar surface area (TPSA) is 0 Å². The van der Waals surface area contributed by atoms with Crippen molar-refractivity contribution in [1.29, 1.82) is 0 Å². The van der Waals surface area contributed by atoms with Crippen molar-refractivity contribution in [2.75, 3.05) is 14.3 Å². The van der Waals surface area contributed by atoms with Crippen LogP contribution in [0.1, 0.15) is 6.42 Å². The van der Waals surface area contributed by atoms with Crippen LogP contribution in [0.4, 0.5) is 8.78 Å². The summed E-state index contributed by atoms with van der Waals surface area (Å²) in [4.78, 5) is 4.21. The first-order valence-electron chi connectivity index (χ1n) is 2.37. The molecule has 0 spiro atoms. The van der Waals surface area contributed by atoms with Crippen LogP contribution in [0, 0.1) is 0 Å². The maximum atomic E-state index is 11.4. The Morgan fingerprint density at radius 2 is 1.88 bits per heavy atom. The van der Waals surface area contributed by atoms with Gasteiger partial charge in [0.2, 0.25) is 0 Å². The number of hydrogen-bond acceptors (Lipinski definition) is 0. The molecule has 0 heterocycles. The zero-order valence-electron chi connectivity index (χ0n) is 5.13. The van der Waals surface area contributed by atoms with Gasteiger partial charge in [-0.05, 0) is 0 Å². The van der Waals surface area contributed by atoms with Crippen molar-refractivity contribution in [2.24, 2.45) is 0 Å². The predicted molar refractivity (Wildman–Crippen MR) is 41.4 cm³/mol. The summed E-state index contributed by atoms with van der Waals surface area (Å²) in [6, 6.07) is 0. The molecule has 0 aliphatic heterocycles. The van der Waals surface area contributed by atoms with Gasteiger partial charge in [-0.15, -0.1) is 0 Å². The van der Waals surface area contributed by atoms with Gasteiger partial charge in [0.1, 0.15) is 0 Å². The third-order valence-corrected chi connectivity index (χ3v) is 3.49. The Balaban J connectivity index is 2.93. The van der Waals surface area contributed by atoms with Crippen molar-refractivity contribution in [3.05, 3.63) is 0 Å². The van der Waals surface area contributed by atoms with E-state index in [1.807, 2.05) is 0 Å². The summed E-state index contributed by atoms with van der Waals surface area (Å²) < 4.78 is 23.6. The molecule has 0 saturated heterocycles. The molecule has 0 aliphatic carbocycles. The molecular weight excluding hydrogens is 225 g/mol. The van der Waals surface area contributed by atoms with Crippen LogP contribution in [0.5, 0.6) is 0 Å². The summed E-state index contributed by atoms with van der Waals surface area (Å²) in [7, 11) is 0. The van der Waals surface area contributed by atoms with E-state index in [2.05, 4.69) is 9.86 Å². The van der Waals surface area contributed by atoms with Gasteiger partial charge in [0, 0.05) is 0 Å². The normalized spacial score (nSPS) is 12.4. The van der Waals surface area contributed by atoms with Gasteiger partial charge in [-0.1, -0.05) is 0 Å². The van der Waals surface area contributed by atoms with Crippen LogP contribution in [0.15, 0.2) is 0 Å². The van der Waals surface area contributed by atoms with Gasteiger partial charge in [0.25, 0.3) is 0 Å². The molecule has 0 rings (SSSR count). The first-order valence-corrected chi connectivity index (χ1v) is 8.21. The Morgan fingerprint density at radius 3 is 2.00 bits per heavy atom. The monoisotopic (exact) mass is 236 g/mol. The van der Waals surface area contributed by atoms with E-state index in [0.717, 1.165) is 4.43 Å². The van der Waals surface area contributed by atoms with E-state index in [0.29, 0.717) is 0 Å². The first-order chi connectivity index (χ1) is 3.63. The Hall–Kier alpha value is 0.590. The number of halogens is 3. The fourth-order valence-corrected chi connectivity index (χ4v) is 2.02. The molecule has 8 heavy (non-hydrogen) atoms. The molecule has 0 nitrogen and oxygen atoms in total. The fraction of sp³-hybridized carbons (Fsp3) is 1.00. The second kappa shape index (κ2) is 4.47. The van der Waals surface area contributed by atoms with E-state index < -0.39 is 26.2 Å². The summed E-state index contributed by atoms with van der Waals surface area (Å²) in [6.07, 6.45) is -1.95. The Bertz CT molecular complexity index is 46.4. The minimum absolute atomic E-state index is 0.123. The number of alkyl halides is 5. The van der Waals surface area contributed by atoms with Crippen molar-refractivity contribution in [3.8, 4) is 0 Å². The zero-order chi connectivity index (χ0) is 6.57. The minimum atomic E-state index is -2.07. The van der Waals surface area contributed by atoms with Crippen LogP contribution in [0.3, 0.4) is 0 Å². The van der Waals surface area contributed by atoms with Crippen LogP contribution in [0.2, 0.25) is 0 Å². The van der Waals surface area contributed by atoms with Crippen molar-refractivity contribution < 1.29 is 8.78 Å². The average Bonchev–Trinajstić information content (AvgIpc) is 1.61. The van der Waals surface area contributed by atoms with Gasteiger partial charge < -0.3 is 0 Å². The zero-order valence-corrected chi connectivity index (χ0v) is 7.28. The molecule has 0 bridgehead atoms. The summed E-state index contributed by atoms with van der Waals surface area (Å²) in [5, 5.41) is 0. The van der Waals surface area contributed by atoms with Gasteiger partial charge >= 0.3 is 55.7 Å². The summed E-state index contributed by atoms with van der Waals surface area (Å²) in [6.45, 7) is 0. The Labute approximate surface area is 56.0 Å². The third-order valence-electron chi connectivity index (χ3n) is 0.705. The molecular formula is C5H11F2I. The summed E-state index contributed by atoms with van der Waals surface area (Å²) >= 11 is -0.849. The predicted octanol–water partition coefficient (Wildman–Crippen LogP) is 2.41. The van der Waals surface area contributed by atoms with E-state index in [1.165, 1.54) is 0 Å². The van der Waals surface area contributed by atoms with Crippen LogP contribution < -0.4 is 0 Å². The fourth-order valence-electron chi connectivity index (χ4n) is 0.301. The van der Waals surface area contributed by atoms with Crippen LogP contribution in [0.25, 0.3) is 0 Å². The quantitative estimate of drug-likeness (QED) is 0.521. The second-order valence-corrected chi connectivity index (χ2v) is 8.07. The number of hydrogen-bond donors (Lipinski definition) is 0. The van der Waals surface area contributed by atoms with Gasteiger partial charge in [-0.3, -0.25) is 0 Å². The van der Waals surface area contributed by atoms with E-state index in [1.54, 1.807) is 0 Å². The van der Waals surface area contributed by atoms with Crippen LogP contribution >= 0.6 is 19.8 Å². The third kappa shape index (κ3) is 6.59. The van der Waals surface area contributed by atoms with E-state index in [9.17, 15) is 8.78 Å². The van der Waals surface area contributed by atoms with Crippen molar-refractivity contribution in [2.45, 2.75) is 12.8 Å². The SMILES string of the molecule is CI(C)CCC(F)F. The van der Waals surface area contributed by atoms with Gasteiger partial charge in [0.15, 0.2) is 0 Å². The maximum absolute atomic E-state index is 11.4. The molecule has 0 aromatic carbocycles. The van der Waals surface area contributed by atoms with Crippen LogP contribution in [-0.4, -0.2) is 20.7 Å². The molecule has 0 N–H and O–H groups in total. The van der Waals surface area contributed by atoms with E-state index >= 15 is 0 Å². The Morgan fingerprint density at radius 1 is 1.38 bits per heavy atom. The molecule has 52 valence electrons. The van der Waals surface area contributed by atoms with Gasteiger partial charge in [-0.2, -0.15) is 0 Å². The summed E-state index contributed by atoms with van der Waals surface area (Å²) in [5.41, 5.74) is 0. The second-order valence-electron chi connectivity index (χ2n) is 1.78. The molecule has 0 atom stereocenters. The van der Waals surface area contributed by atoms with E-state index in [4.69, 9.17) is 0 Å². The van der Waals surface area contributed by atoms with Crippen LogP contribution in [-0.2, 0) is 0 Å². The van der Waals surface area contributed by atoms with Gasteiger partial charge in [-0.25, -0.2) is 0 Å². The molecule has 3 heteroatoms. The Kier molecular flexibility index (Phi) is 4.80. The van der Waals surface area contributed by atoms with Gasteiger partial charge in [0.05, 0.1) is 0 Å². The molecule has 0 radical (unpaired) electrons. The van der Waals surface area contributed by atoms with Crippen molar-refractivity contribution in [3.63, 3.8) is 0 Å². The molecule has 0 aromatic rings. The molecule has 0 aliphatic rings. The number of rotatable bonds is 3. The average molecular weight is 236 g/mol. The molecule has 0 aromatic heterocycles. The standard InChI is InChI=1S/C5H11F2I/c1-8(2)4-3-5(6)7/h5H,3-4H2,1-2H3. The first kappa shape index (κ1) is 8.59. The van der Waals surface area contributed by atoms with Crippen molar-refractivity contribution in [1.82, 2.24) is 0 Å². The molecule has 0 amide bonds. The van der Waals surface area contributed by atoms with E-state index in [-0.39, 0.29) is 6.42 Å². The molecule has 0 fully saturated rings. The van der Waals surface area contributed by atoms with Crippen molar-refractivity contribution >= 4 is 19.8 Å². The summed E-state index contributed by atoms with van der Waals surface area (Å²) in [5.74, 6) is 0. The molecule has 0 saturated carbocycles. The molecule has 0 unspecified atom stereocenters.